The molecule has 3 N–H and O–H groups in total. The predicted molar refractivity (Wildman–Crippen MR) is 108 cm³/mol. The van der Waals surface area contributed by atoms with Gasteiger partial charge in [0.1, 0.15) is 11.9 Å². The van der Waals surface area contributed by atoms with Gasteiger partial charge in [-0.1, -0.05) is 13.0 Å². The fourth-order valence-corrected chi connectivity index (χ4v) is 2.92. The second-order valence-corrected chi connectivity index (χ2v) is 8.30. The average molecular weight is 439 g/mol. The van der Waals surface area contributed by atoms with Crippen molar-refractivity contribution in [2.45, 2.75) is 39.0 Å². The van der Waals surface area contributed by atoms with E-state index in [9.17, 15) is 21.6 Å². The van der Waals surface area contributed by atoms with Crippen LogP contribution in [0.25, 0.3) is 0 Å². The molecule has 0 aromatic heterocycles. The van der Waals surface area contributed by atoms with Crippen molar-refractivity contribution in [3.8, 4) is 5.75 Å². The molecule has 0 aliphatic heterocycles. The maximum atomic E-state index is 12.8. The largest absolute Gasteiger partial charge is 0.489 e. The molecule has 0 spiro atoms. The lowest BCUT2D eigenvalue weighted by Crippen LogP contribution is -2.43. The topological polar surface area (TPSA) is 91.8 Å². The predicted octanol–water partition coefficient (Wildman–Crippen LogP) is 2.36. The summed E-state index contributed by atoms with van der Waals surface area (Å²) < 4.78 is 69.3. The fourth-order valence-electron chi connectivity index (χ4n) is 2.26. The van der Waals surface area contributed by atoms with Crippen molar-refractivity contribution in [3.63, 3.8) is 0 Å². The molecule has 0 saturated heterocycles. The molecular formula is C18H29F3N4O3S. The molecule has 0 amide bonds. The van der Waals surface area contributed by atoms with E-state index in [-0.39, 0.29) is 17.6 Å². The number of nitrogens with zero attached hydrogens (tertiary/aromatic N) is 1. The minimum absolute atomic E-state index is 0.0357. The van der Waals surface area contributed by atoms with Crippen LogP contribution < -0.4 is 20.1 Å². The van der Waals surface area contributed by atoms with E-state index in [2.05, 4.69) is 20.3 Å². The maximum absolute atomic E-state index is 12.8. The number of guanidine groups is 1. The molecule has 1 unspecified atom stereocenters. The third-order valence-electron chi connectivity index (χ3n) is 3.99. The van der Waals surface area contributed by atoms with Crippen molar-refractivity contribution in [2.75, 3.05) is 32.4 Å². The summed E-state index contributed by atoms with van der Waals surface area (Å²) in [5.41, 5.74) is -0.756. The minimum Gasteiger partial charge on any atom is -0.489 e. The third-order valence-corrected chi connectivity index (χ3v) is 5.39. The minimum atomic E-state index is -4.42. The van der Waals surface area contributed by atoms with Crippen LogP contribution in [0, 0.1) is 0 Å². The Balaban J connectivity index is 2.46. The Morgan fingerprint density at radius 2 is 1.93 bits per heavy atom. The highest BCUT2D eigenvalue weighted by molar-refractivity contribution is 7.89. The summed E-state index contributed by atoms with van der Waals surface area (Å²) in [5, 5.41) is 6.10. The lowest BCUT2D eigenvalue weighted by atomic mass is 10.2. The van der Waals surface area contributed by atoms with E-state index in [0.717, 1.165) is 12.1 Å². The molecule has 29 heavy (non-hydrogen) atoms. The first-order chi connectivity index (χ1) is 13.6. The summed E-state index contributed by atoms with van der Waals surface area (Å²) >= 11 is 0. The molecule has 0 aliphatic rings. The molecule has 1 aromatic carbocycles. The Kier molecular flexibility index (Phi) is 10.2. The van der Waals surface area contributed by atoms with Gasteiger partial charge in [-0.15, -0.1) is 0 Å². The Morgan fingerprint density at radius 3 is 2.52 bits per heavy atom. The zero-order valence-corrected chi connectivity index (χ0v) is 17.7. The Bertz CT molecular complexity index is 755. The van der Waals surface area contributed by atoms with Crippen LogP contribution in [-0.4, -0.2) is 52.9 Å². The van der Waals surface area contributed by atoms with Gasteiger partial charge in [0.15, 0.2) is 5.96 Å². The molecule has 0 radical (unpaired) electrons. The zero-order valence-electron chi connectivity index (χ0n) is 16.8. The number of sulfonamides is 1. The number of hydrogen-bond acceptors (Lipinski definition) is 4. The maximum Gasteiger partial charge on any atom is 0.416 e. The monoisotopic (exact) mass is 438 g/mol. The second-order valence-electron chi connectivity index (χ2n) is 6.20. The molecule has 7 nitrogen and oxygen atoms in total. The van der Waals surface area contributed by atoms with Gasteiger partial charge in [-0.2, -0.15) is 13.2 Å². The molecule has 1 aromatic rings. The normalized spacial score (nSPS) is 13.8. The van der Waals surface area contributed by atoms with Gasteiger partial charge in [0.05, 0.1) is 17.9 Å². The van der Waals surface area contributed by atoms with E-state index in [1.807, 2.05) is 6.92 Å². The van der Waals surface area contributed by atoms with Crippen LogP contribution >= 0.6 is 0 Å². The number of alkyl halides is 3. The summed E-state index contributed by atoms with van der Waals surface area (Å²) in [6.07, 6.45) is -3.62. The van der Waals surface area contributed by atoms with E-state index in [4.69, 9.17) is 4.74 Å². The van der Waals surface area contributed by atoms with Crippen LogP contribution in [0.1, 0.15) is 32.3 Å². The van der Waals surface area contributed by atoms with Gasteiger partial charge in [-0.3, -0.25) is 4.99 Å². The molecule has 11 heteroatoms. The van der Waals surface area contributed by atoms with Crippen molar-refractivity contribution >= 4 is 16.0 Å². The van der Waals surface area contributed by atoms with Crippen LogP contribution in [0.15, 0.2) is 29.3 Å². The number of rotatable bonds is 11. The summed E-state index contributed by atoms with van der Waals surface area (Å²) in [5.74, 6) is 0.683. The first-order valence-corrected chi connectivity index (χ1v) is 11.0. The number of aliphatic imine (C=N–C) groups is 1. The lowest BCUT2D eigenvalue weighted by Gasteiger charge is -2.20. The van der Waals surface area contributed by atoms with E-state index in [1.54, 1.807) is 14.0 Å². The molecule has 1 rings (SSSR count). The summed E-state index contributed by atoms with van der Waals surface area (Å²) in [6.45, 7) is 4.59. The van der Waals surface area contributed by atoms with Crippen LogP contribution in [0.2, 0.25) is 0 Å². The van der Waals surface area contributed by atoms with Gasteiger partial charge < -0.3 is 15.4 Å². The Hall–Kier alpha value is -2.01. The molecule has 0 fully saturated rings. The van der Waals surface area contributed by atoms with Gasteiger partial charge in [0.25, 0.3) is 0 Å². The molecule has 1 atom stereocenters. The van der Waals surface area contributed by atoms with Gasteiger partial charge in [-0.05, 0) is 38.0 Å². The first-order valence-electron chi connectivity index (χ1n) is 9.37. The average Bonchev–Trinajstić information content (AvgIpc) is 2.68. The number of nitrogens with one attached hydrogen (secondary N) is 3. The lowest BCUT2D eigenvalue weighted by molar-refractivity contribution is -0.137. The second kappa shape index (κ2) is 11.9. The van der Waals surface area contributed by atoms with Crippen LogP contribution in [0.3, 0.4) is 0 Å². The summed E-state index contributed by atoms with van der Waals surface area (Å²) in [7, 11) is -1.62. The van der Waals surface area contributed by atoms with Crippen molar-refractivity contribution in [1.29, 1.82) is 0 Å². The summed E-state index contributed by atoms with van der Waals surface area (Å²) in [4.78, 5) is 4.06. The molecular weight excluding hydrogens is 409 g/mol. The fraction of sp³-hybridized carbons (Fsp3) is 0.611. The molecule has 0 heterocycles. The van der Waals surface area contributed by atoms with E-state index < -0.39 is 21.8 Å². The van der Waals surface area contributed by atoms with Crippen LogP contribution in [-0.2, 0) is 16.2 Å². The molecule has 166 valence electrons. The highest BCUT2D eigenvalue weighted by atomic mass is 32.2. The van der Waals surface area contributed by atoms with Crippen LogP contribution in [0.4, 0.5) is 13.2 Å². The standard InChI is InChI=1S/C18H29F3N4O3S/c1-4-15(28-16-9-6-8-14(12-16)18(19,20)21)13-24-17(22-3)23-10-7-11-25-29(26,27)5-2/h6,8-9,12,15,25H,4-5,7,10-11,13H2,1-3H3,(H2,22,23,24). The van der Waals surface area contributed by atoms with Gasteiger partial charge in [0.2, 0.25) is 10.0 Å². The van der Waals surface area contributed by atoms with E-state index in [0.29, 0.717) is 38.4 Å². The summed E-state index contributed by atoms with van der Waals surface area (Å²) in [6, 6.07) is 4.78. The Morgan fingerprint density at radius 1 is 1.21 bits per heavy atom. The van der Waals surface area contributed by atoms with Crippen molar-refractivity contribution < 1.29 is 26.3 Å². The number of ether oxygens (including phenoxy) is 1. The molecule has 0 saturated carbocycles. The molecule has 0 bridgehead atoms. The highest BCUT2D eigenvalue weighted by Gasteiger charge is 2.30. The molecule has 0 aliphatic carbocycles. The number of hydrogen-bond donors (Lipinski definition) is 3. The smallest absolute Gasteiger partial charge is 0.416 e. The quantitative estimate of drug-likeness (QED) is 0.280. The third kappa shape index (κ3) is 9.84. The van der Waals surface area contributed by atoms with Gasteiger partial charge in [0, 0.05) is 20.1 Å². The SMILES string of the molecule is CCC(CNC(=NC)NCCCNS(=O)(=O)CC)Oc1cccc(C(F)(F)F)c1. The first kappa shape index (κ1) is 25.0. The van der Waals surface area contributed by atoms with Crippen molar-refractivity contribution in [3.05, 3.63) is 29.8 Å². The van der Waals surface area contributed by atoms with Crippen LogP contribution in [0.5, 0.6) is 5.75 Å². The van der Waals surface area contributed by atoms with E-state index >= 15 is 0 Å². The van der Waals surface area contributed by atoms with Gasteiger partial charge >= 0.3 is 6.18 Å². The van der Waals surface area contributed by atoms with E-state index in [1.165, 1.54) is 12.1 Å². The van der Waals surface area contributed by atoms with Crippen molar-refractivity contribution in [1.82, 2.24) is 15.4 Å². The highest BCUT2D eigenvalue weighted by Crippen LogP contribution is 2.31. The number of halogens is 3. The van der Waals surface area contributed by atoms with Crippen molar-refractivity contribution in [2.24, 2.45) is 4.99 Å². The Labute approximate surface area is 170 Å². The number of benzene rings is 1. The zero-order chi connectivity index (χ0) is 21.9. The van der Waals surface area contributed by atoms with Gasteiger partial charge in [-0.25, -0.2) is 13.1 Å².